The summed E-state index contributed by atoms with van der Waals surface area (Å²) in [6.45, 7) is 1.98. The maximum Gasteiger partial charge on any atom is 0.0492 e. The molecule has 17 heavy (non-hydrogen) atoms. The standard InChI is InChI=1S/C13H18N4/c1-10-9-11(5-7-15-10)13(14)4-3-12-6-8-16-17(12)2/h5-9,13H,3-4,14H2,1-2H3. The van der Waals surface area contributed by atoms with Gasteiger partial charge in [-0.25, -0.2) is 0 Å². The summed E-state index contributed by atoms with van der Waals surface area (Å²) in [5.74, 6) is 0. The third-order valence-electron chi connectivity index (χ3n) is 2.98. The minimum atomic E-state index is 0.0617. The third-order valence-corrected chi connectivity index (χ3v) is 2.98. The maximum atomic E-state index is 6.17. The lowest BCUT2D eigenvalue weighted by molar-refractivity contribution is 0.613. The van der Waals surface area contributed by atoms with Crippen LogP contribution in [-0.4, -0.2) is 14.8 Å². The molecule has 0 bridgehead atoms. The Bertz CT molecular complexity index is 490. The molecule has 1 unspecified atom stereocenters. The van der Waals surface area contributed by atoms with Crippen molar-refractivity contribution < 1.29 is 0 Å². The number of nitrogens with two attached hydrogens (primary N) is 1. The number of hydrogen-bond acceptors (Lipinski definition) is 3. The van der Waals surface area contributed by atoms with E-state index in [0.29, 0.717) is 0 Å². The van der Waals surface area contributed by atoms with Crippen molar-refractivity contribution in [2.45, 2.75) is 25.8 Å². The molecule has 0 saturated carbocycles. The first-order chi connectivity index (χ1) is 8.16. The lowest BCUT2D eigenvalue weighted by Crippen LogP contribution is -2.12. The molecule has 2 aromatic heterocycles. The van der Waals surface area contributed by atoms with Gasteiger partial charge >= 0.3 is 0 Å². The van der Waals surface area contributed by atoms with Gasteiger partial charge in [0.25, 0.3) is 0 Å². The smallest absolute Gasteiger partial charge is 0.0492 e. The topological polar surface area (TPSA) is 56.7 Å². The molecule has 2 N–H and O–H groups in total. The van der Waals surface area contributed by atoms with Crippen LogP contribution in [0.15, 0.2) is 30.6 Å². The molecule has 0 saturated heterocycles. The Morgan fingerprint density at radius 3 is 2.82 bits per heavy atom. The third kappa shape index (κ3) is 2.91. The van der Waals surface area contributed by atoms with Gasteiger partial charge in [0.1, 0.15) is 0 Å². The monoisotopic (exact) mass is 230 g/mol. The van der Waals surface area contributed by atoms with Crippen LogP contribution < -0.4 is 5.73 Å². The molecular formula is C13H18N4. The Labute approximate surface area is 101 Å². The number of aryl methyl sites for hydroxylation is 3. The highest BCUT2D eigenvalue weighted by Gasteiger charge is 2.08. The van der Waals surface area contributed by atoms with Crippen molar-refractivity contribution in [1.82, 2.24) is 14.8 Å². The Morgan fingerprint density at radius 2 is 2.18 bits per heavy atom. The number of hydrogen-bond donors (Lipinski definition) is 1. The fraction of sp³-hybridized carbons (Fsp3) is 0.385. The summed E-state index contributed by atoms with van der Waals surface area (Å²) in [7, 11) is 1.96. The van der Waals surface area contributed by atoms with Gasteiger partial charge in [0.2, 0.25) is 0 Å². The van der Waals surface area contributed by atoms with Crippen LogP contribution in [0.25, 0.3) is 0 Å². The van der Waals surface area contributed by atoms with Crippen LogP contribution in [-0.2, 0) is 13.5 Å². The van der Waals surface area contributed by atoms with Crippen LogP contribution in [0.5, 0.6) is 0 Å². The Morgan fingerprint density at radius 1 is 1.35 bits per heavy atom. The Balaban J connectivity index is 1.98. The zero-order valence-electron chi connectivity index (χ0n) is 10.3. The molecule has 0 radical (unpaired) electrons. The van der Waals surface area contributed by atoms with Gasteiger partial charge in [-0.15, -0.1) is 0 Å². The summed E-state index contributed by atoms with van der Waals surface area (Å²) in [5, 5.41) is 4.15. The van der Waals surface area contributed by atoms with Crippen molar-refractivity contribution in [3.8, 4) is 0 Å². The molecule has 2 rings (SSSR count). The first-order valence-electron chi connectivity index (χ1n) is 5.82. The quantitative estimate of drug-likeness (QED) is 0.870. The molecule has 0 aliphatic heterocycles. The summed E-state index contributed by atoms with van der Waals surface area (Å²) in [6.07, 6.45) is 5.49. The molecule has 0 amide bonds. The predicted octanol–water partition coefficient (Wildman–Crippen LogP) is 1.76. The molecule has 2 heterocycles. The normalized spacial score (nSPS) is 12.6. The lowest BCUT2D eigenvalue weighted by Gasteiger charge is -2.12. The molecule has 90 valence electrons. The van der Waals surface area contributed by atoms with Crippen molar-refractivity contribution in [2.24, 2.45) is 12.8 Å². The molecule has 0 aliphatic carbocycles. The number of pyridine rings is 1. The van der Waals surface area contributed by atoms with Gasteiger partial charge in [-0.2, -0.15) is 5.10 Å². The van der Waals surface area contributed by atoms with Crippen LogP contribution in [0.2, 0.25) is 0 Å². The van der Waals surface area contributed by atoms with E-state index in [9.17, 15) is 0 Å². The van der Waals surface area contributed by atoms with E-state index in [4.69, 9.17) is 5.73 Å². The van der Waals surface area contributed by atoms with Gasteiger partial charge in [-0.1, -0.05) is 0 Å². The Kier molecular flexibility index (Phi) is 3.54. The molecule has 0 aliphatic rings. The van der Waals surface area contributed by atoms with E-state index in [-0.39, 0.29) is 6.04 Å². The van der Waals surface area contributed by atoms with Crippen LogP contribution in [0, 0.1) is 6.92 Å². The van der Waals surface area contributed by atoms with Crippen LogP contribution in [0.1, 0.15) is 29.4 Å². The van der Waals surface area contributed by atoms with Crippen LogP contribution >= 0.6 is 0 Å². The van der Waals surface area contributed by atoms with Crippen LogP contribution in [0.3, 0.4) is 0 Å². The summed E-state index contributed by atoms with van der Waals surface area (Å²) in [6, 6.07) is 6.13. The van der Waals surface area contributed by atoms with E-state index in [0.717, 1.165) is 24.1 Å². The van der Waals surface area contributed by atoms with Gasteiger partial charge in [0.15, 0.2) is 0 Å². The fourth-order valence-corrected chi connectivity index (χ4v) is 1.91. The molecule has 2 aromatic rings. The van der Waals surface area contributed by atoms with Crippen molar-refractivity contribution in [3.63, 3.8) is 0 Å². The second kappa shape index (κ2) is 5.10. The number of aromatic nitrogens is 3. The van der Waals surface area contributed by atoms with E-state index in [1.54, 1.807) is 0 Å². The average molecular weight is 230 g/mol. The molecule has 1 atom stereocenters. The van der Waals surface area contributed by atoms with Gasteiger partial charge in [0, 0.05) is 36.9 Å². The first kappa shape index (κ1) is 11.8. The molecular weight excluding hydrogens is 212 g/mol. The highest BCUT2D eigenvalue weighted by molar-refractivity contribution is 5.19. The summed E-state index contributed by atoms with van der Waals surface area (Å²) < 4.78 is 1.89. The first-order valence-corrected chi connectivity index (χ1v) is 5.82. The maximum absolute atomic E-state index is 6.17. The molecule has 4 heteroatoms. The van der Waals surface area contributed by atoms with E-state index in [1.165, 1.54) is 5.69 Å². The Hall–Kier alpha value is -1.68. The van der Waals surface area contributed by atoms with Crippen molar-refractivity contribution in [1.29, 1.82) is 0 Å². The van der Waals surface area contributed by atoms with E-state index in [2.05, 4.69) is 10.1 Å². The minimum Gasteiger partial charge on any atom is -0.324 e. The van der Waals surface area contributed by atoms with E-state index in [1.807, 2.05) is 49.2 Å². The van der Waals surface area contributed by atoms with Gasteiger partial charge in [-0.05, 0) is 43.5 Å². The highest BCUT2D eigenvalue weighted by Crippen LogP contribution is 2.16. The zero-order chi connectivity index (χ0) is 12.3. The van der Waals surface area contributed by atoms with Gasteiger partial charge in [-0.3, -0.25) is 9.67 Å². The molecule has 0 fully saturated rings. The van der Waals surface area contributed by atoms with Crippen molar-refractivity contribution >= 4 is 0 Å². The average Bonchev–Trinajstić information content (AvgIpc) is 2.72. The highest BCUT2D eigenvalue weighted by atomic mass is 15.2. The number of rotatable bonds is 4. The zero-order valence-corrected chi connectivity index (χ0v) is 10.3. The summed E-state index contributed by atoms with van der Waals surface area (Å²) in [5.41, 5.74) is 9.55. The minimum absolute atomic E-state index is 0.0617. The lowest BCUT2D eigenvalue weighted by atomic mass is 10.0. The number of nitrogens with zero attached hydrogens (tertiary/aromatic N) is 3. The van der Waals surface area contributed by atoms with Crippen molar-refractivity contribution in [2.75, 3.05) is 0 Å². The fourth-order valence-electron chi connectivity index (χ4n) is 1.91. The largest absolute Gasteiger partial charge is 0.324 e. The van der Waals surface area contributed by atoms with E-state index < -0.39 is 0 Å². The van der Waals surface area contributed by atoms with Gasteiger partial charge in [0.05, 0.1) is 0 Å². The second-order valence-corrected chi connectivity index (χ2v) is 4.32. The molecule has 0 aromatic carbocycles. The van der Waals surface area contributed by atoms with Crippen molar-refractivity contribution in [3.05, 3.63) is 47.5 Å². The van der Waals surface area contributed by atoms with Crippen LogP contribution in [0.4, 0.5) is 0 Å². The van der Waals surface area contributed by atoms with Gasteiger partial charge < -0.3 is 5.73 Å². The molecule has 0 spiro atoms. The summed E-state index contributed by atoms with van der Waals surface area (Å²) >= 11 is 0. The SMILES string of the molecule is Cc1cc(C(N)CCc2ccnn2C)ccn1. The predicted molar refractivity (Wildman–Crippen MR) is 67.4 cm³/mol. The second-order valence-electron chi connectivity index (χ2n) is 4.32. The summed E-state index contributed by atoms with van der Waals surface area (Å²) in [4.78, 5) is 4.18. The molecule has 4 nitrogen and oxygen atoms in total. The van der Waals surface area contributed by atoms with E-state index >= 15 is 0 Å².